The molecule has 1 aliphatic heterocycles. The summed E-state index contributed by atoms with van der Waals surface area (Å²) in [6.45, 7) is 0.206. The summed E-state index contributed by atoms with van der Waals surface area (Å²) in [6, 6.07) is 13.0. The summed E-state index contributed by atoms with van der Waals surface area (Å²) in [5.41, 5.74) is 7.71. The third kappa shape index (κ3) is 5.26. The Morgan fingerprint density at radius 2 is 1.86 bits per heavy atom. The highest BCUT2D eigenvalue weighted by Crippen LogP contribution is 2.27. The molecule has 0 aliphatic carbocycles. The number of fused-ring (bicyclic) bond motifs is 1. The maximum Gasteiger partial charge on any atom is 0.312 e. The van der Waals surface area contributed by atoms with E-state index in [1.807, 2.05) is 24.3 Å². The summed E-state index contributed by atoms with van der Waals surface area (Å²) in [6.07, 6.45) is 1.57. The van der Waals surface area contributed by atoms with E-state index < -0.39 is 18.0 Å². The minimum Gasteiger partial charge on any atom is -0.455 e. The van der Waals surface area contributed by atoms with Crippen LogP contribution in [0, 0.1) is 0 Å². The average Bonchev–Trinajstić information content (AvgIpc) is 2.71. The van der Waals surface area contributed by atoms with Crippen LogP contribution in [0.5, 0.6) is 0 Å². The lowest BCUT2D eigenvalue weighted by molar-refractivity contribution is -0.148. The van der Waals surface area contributed by atoms with Gasteiger partial charge in [-0.1, -0.05) is 48.0 Å². The lowest BCUT2D eigenvalue weighted by Crippen LogP contribution is -2.39. The maximum absolute atomic E-state index is 12.6. The molecule has 29 heavy (non-hydrogen) atoms. The molecule has 2 aromatic carbocycles. The highest BCUT2D eigenvalue weighted by atomic mass is 35.5. The SMILES string of the molecule is NC(=O)N[C@@H](CC(=O)OCC(=O)N1CCCc2ccccc21)c1ccccc1Cl. The summed E-state index contributed by atoms with van der Waals surface area (Å²) in [7, 11) is 0. The van der Waals surface area contributed by atoms with Crippen molar-refractivity contribution in [2.45, 2.75) is 25.3 Å². The van der Waals surface area contributed by atoms with Gasteiger partial charge in [0.25, 0.3) is 5.91 Å². The van der Waals surface area contributed by atoms with Crippen molar-refractivity contribution in [2.75, 3.05) is 18.1 Å². The number of hydrogen-bond acceptors (Lipinski definition) is 4. The van der Waals surface area contributed by atoms with Crippen LogP contribution >= 0.6 is 11.6 Å². The largest absolute Gasteiger partial charge is 0.455 e. The van der Waals surface area contributed by atoms with Gasteiger partial charge in [-0.15, -0.1) is 0 Å². The van der Waals surface area contributed by atoms with Crippen molar-refractivity contribution in [2.24, 2.45) is 5.73 Å². The van der Waals surface area contributed by atoms with Crippen LogP contribution in [0.2, 0.25) is 5.02 Å². The first kappa shape index (κ1) is 20.7. The number of para-hydroxylation sites is 1. The summed E-state index contributed by atoms with van der Waals surface area (Å²) in [5, 5.41) is 2.88. The summed E-state index contributed by atoms with van der Waals surface area (Å²) < 4.78 is 5.18. The second-order valence-corrected chi connectivity index (χ2v) is 7.13. The molecule has 1 atom stereocenters. The quantitative estimate of drug-likeness (QED) is 0.708. The molecule has 0 fully saturated rings. The number of amides is 3. The Morgan fingerprint density at radius 1 is 1.14 bits per heavy atom. The zero-order valence-electron chi connectivity index (χ0n) is 15.8. The van der Waals surface area contributed by atoms with Gasteiger partial charge in [0.2, 0.25) is 0 Å². The molecule has 0 unspecified atom stereocenters. The topological polar surface area (TPSA) is 102 Å². The van der Waals surface area contributed by atoms with Gasteiger partial charge in [-0.3, -0.25) is 9.59 Å². The van der Waals surface area contributed by atoms with E-state index in [1.165, 1.54) is 0 Å². The summed E-state index contributed by atoms with van der Waals surface area (Å²) in [5.74, 6) is -0.926. The molecule has 3 N–H and O–H groups in total. The van der Waals surface area contributed by atoms with Gasteiger partial charge in [0, 0.05) is 17.3 Å². The van der Waals surface area contributed by atoms with Gasteiger partial charge in [0.15, 0.2) is 6.61 Å². The molecule has 0 saturated heterocycles. The fraction of sp³-hybridized carbons (Fsp3) is 0.286. The van der Waals surface area contributed by atoms with Crippen molar-refractivity contribution in [3.63, 3.8) is 0 Å². The van der Waals surface area contributed by atoms with E-state index in [0.29, 0.717) is 17.1 Å². The predicted octanol–water partition coefficient (Wildman–Crippen LogP) is 2.96. The zero-order chi connectivity index (χ0) is 20.8. The fourth-order valence-electron chi connectivity index (χ4n) is 3.41. The first-order valence-electron chi connectivity index (χ1n) is 9.30. The molecule has 3 rings (SSSR count). The molecule has 0 bridgehead atoms. The second-order valence-electron chi connectivity index (χ2n) is 6.73. The van der Waals surface area contributed by atoms with Gasteiger partial charge in [-0.25, -0.2) is 4.79 Å². The molecular formula is C21H22ClN3O4. The smallest absolute Gasteiger partial charge is 0.312 e. The van der Waals surface area contributed by atoms with Crippen LogP contribution < -0.4 is 16.0 Å². The number of aryl methyl sites for hydroxylation is 1. The number of benzene rings is 2. The van der Waals surface area contributed by atoms with Gasteiger partial charge < -0.3 is 20.7 Å². The van der Waals surface area contributed by atoms with Gasteiger partial charge in [0.1, 0.15) is 0 Å². The van der Waals surface area contributed by atoms with E-state index in [9.17, 15) is 14.4 Å². The number of nitrogens with two attached hydrogens (primary N) is 1. The Morgan fingerprint density at radius 3 is 2.62 bits per heavy atom. The number of nitrogens with one attached hydrogen (secondary N) is 1. The van der Waals surface area contributed by atoms with Crippen LogP contribution in [0.4, 0.5) is 10.5 Å². The maximum atomic E-state index is 12.6. The zero-order valence-corrected chi connectivity index (χ0v) is 16.5. The Hall–Kier alpha value is -3.06. The number of esters is 1. The van der Waals surface area contributed by atoms with Crippen molar-refractivity contribution in [1.29, 1.82) is 0 Å². The normalized spacial score (nSPS) is 13.9. The molecule has 0 saturated carbocycles. The van der Waals surface area contributed by atoms with Gasteiger partial charge in [-0.05, 0) is 36.1 Å². The first-order valence-corrected chi connectivity index (χ1v) is 9.68. The summed E-state index contributed by atoms with van der Waals surface area (Å²) in [4.78, 5) is 37.9. The number of halogens is 1. The Bertz CT molecular complexity index is 918. The number of carbonyl (C=O) groups excluding carboxylic acids is 3. The number of nitrogens with zero attached hydrogens (tertiary/aromatic N) is 1. The van der Waals surface area contributed by atoms with Crippen molar-refractivity contribution >= 4 is 35.2 Å². The van der Waals surface area contributed by atoms with Crippen molar-refractivity contribution in [1.82, 2.24) is 5.32 Å². The highest BCUT2D eigenvalue weighted by molar-refractivity contribution is 6.31. The molecule has 152 valence electrons. The summed E-state index contributed by atoms with van der Waals surface area (Å²) >= 11 is 6.16. The van der Waals surface area contributed by atoms with Crippen LogP contribution in [0.25, 0.3) is 0 Å². The van der Waals surface area contributed by atoms with Gasteiger partial charge >= 0.3 is 12.0 Å². The molecule has 1 heterocycles. The number of hydrogen-bond donors (Lipinski definition) is 2. The molecule has 3 amide bonds. The van der Waals surface area contributed by atoms with Crippen molar-refractivity contribution < 1.29 is 19.1 Å². The fourth-order valence-corrected chi connectivity index (χ4v) is 3.67. The molecule has 0 spiro atoms. The number of urea groups is 1. The van der Waals surface area contributed by atoms with E-state index >= 15 is 0 Å². The minimum atomic E-state index is -0.788. The Balaban J connectivity index is 1.62. The van der Waals surface area contributed by atoms with Crippen LogP contribution in [-0.2, 0) is 20.7 Å². The highest BCUT2D eigenvalue weighted by Gasteiger charge is 2.25. The van der Waals surface area contributed by atoms with E-state index in [1.54, 1.807) is 29.2 Å². The first-order chi connectivity index (χ1) is 14.0. The monoisotopic (exact) mass is 415 g/mol. The van der Waals surface area contributed by atoms with Crippen molar-refractivity contribution in [3.8, 4) is 0 Å². The molecule has 7 nitrogen and oxygen atoms in total. The lowest BCUT2D eigenvalue weighted by Gasteiger charge is -2.29. The van der Waals surface area contributed by atoms with Crippen LogP contribution in [0.1, 0.15) is 30.0 Å². The van der Waals surface area contributed by atoms with Gasteiger partial charge in [0.05, 0.1) is 12.5 Å². The number of carbonyl (C=O) groups is 3. The average molecular weight is 416 g/mol. The number of anilines is 1. The third-order valence-electron chi connectivity index (χ3n) is 4.74. The number of rotatable bonds is 6. The molecule has 0 aromatic heterocycles. The van der Waals surface area contributed by atoms with Crippen LogP contribution in [0.15, 0.2) is 48.5 Å². The minimum absolute atomic E-state index is 0.198. The second kappa shape index (κ2) is 9.43. The van der Waals surface area contributed by atoms with E-state index in [4.69, 9.17) is 22.1 Å². The molecular weight excluding hydrogens is 394 g/mol. The predicted molar refractivity (Wildman–Crippen MR) is 110 cm³/mol. The molecule has 2 aromatic rings. The third-order valence-corrected chi connectivity index (χ3v) is 5.08. The van der Waals surface area contributed by atoms with Crippen molar-refractivity contribution in [3.05, 3.63) is 64.7 Å². The number of ether oxygens (including phenoxy) is 1. The molecule has 0 radical (unpaired) electrons. The van der Waals surface area contributed by atoms with Crippen LogP contribution in [-0.4, -0.2) is 31.1 Å². The molecule has 1 aliphatic rings. The van der Waals surface area contributed by atoms with E-state index in [2.05, 4.69) is 5.32 Å². The van der Waals surface area contributed by atoms with E-state index in [-0.39, 0.29) is 18.9 Å². The lowest BCUT2D eigenvalue weighted by atomic mass is 10.0. The number of primary amides is 1. The molecule has 8 heteroatoms. The Labute approximate surface area is 173 Å². The van der Waals surface area contributed by atoms with Crippen LogP contribution in [0.3, 0.4) is 0 Å². The Kier molecular flexibility index (Phi) is 6.72. The van der Waals surface area contributed by atoms with Gasteiger partial charge in [-0.2, -0.15) is 0 Å². The van der Waals surface area contributed by atoms with E-state index in [0.717, 1.165) is 24.1 Å². The standard InChI is InChI=1S/C21H22ClN3O4/c22-16-9-3-2-8-15(16)17(24-21(23)28)12-20(27)29-13-19(26)25-11-5-7-14-6-1-4-10-18(14)25/h1-4,6,8-10,17H,5,7,11-13H2,(H3,23,24,28)/t17-/m0/s1.